The number of halogens is 2. The molecule has 0 unspecified atom stereocenters. The Bertz CT molecular complexity index is 139. The molecule has 0 radical (unpaired) electrons. The molecular weight excluding hydrogens is 207 g/mol. The van der Waals surface area contributed by atoms with Gasteiger partial charge in [0.15, 0.2) is 0 Å². The van der Waals surface area contributed by atoms with Crippen molar-refractivity contribution < 1.29 is 0 Å². The molecule has 1 aliphatic carbocycles. The lowest BCUT2D eigenvalue weighted by Gasteiger charge is -2.33. The van der Waals surface area contributed by atoms with Crippen molar-refractivity contribution in [2.75, 3.05) is 0 Å². The highest BCUT2D eigenvalue weighted by molar-refractivity contribution is 7.46. The third-order valence-electron chi connectivity index (χ3n) is 2.92. The molecule has 0 aromatic heterocycles. The first kappa shape index (κ1) is 10.9. The van der Waals surface area contributed by atoms with Gasteiger partial charge in [-0.05, 0) is 11.1 Å². The molecule has 0 bridgehead atoms. The van der Waals surface area contributed by atoms with Crippen LogP contribution in [0.5, 0.6) is 0 Å². The topological polar surface area (TPSA) is 0 Å². The largest absolute Gasteiger partial charge is 0.256 e. The van der Waals surface area contributed by atoms with Crippen molar-refractivity contribution in [2.45, 2.75) is 57.0 Å². The normalized spacial score (nSPS) is 21.8. The number of hydrogen-bond acceptors (Lipinski definition) is 0. The van der Waals surface area contributed by atoms with Gasteiger partial charge in [0.1, 0.15) is 0 Å². The van der Waals surface area contributed by atoms with Crippen LogP contribution in [0.25, 0.3) is 0 Å². The molecule has 0 atom stereocenters. The van der Waals surface area contributed by atoms with Gasteiger partial charge in [0.2, 0.25) is 0 Å². The first-order valence-electron chi connectivity index (χ1n) is 4.93. The summed E-state index contributed by atoms with van der Waals surface area (Å²) in [7, 11) is 0. The predicted octanol–water partition coefficient (Wildman–Crippen LogP) is 4.65. The van der Waals surface area contributed by atoms with Crippen LogP contribution in [0.15, 0.2) is 0 Å². The fourth-order valence-corrected chi connectivity index (χ4v) is 5.39. The predicted molar refractivity (Wildman–Crippen MR) is 59.4 cm³/mol. The Morgan fingerprint density at radius 2 is 1.58 bits per heavy atom. The molecule has 0 aliphatic heterocycles. The molecule has 0 saturated heterocycles. The average Bonchev–Trinajstić information content (AvgIpc) is 2.06. The second-order valence-corrected chi connectivity index (χ2v) is 11.8. The highest BCUT2D eigenvalue weighted by Crippen LogP contribution is 2.47. The first-order valence-corrected chi connectivity index (χ1v) is 9.10. The van der Waals surface area contributed by atoms with Gasteiger partial charge >= 0.3 is 0 Å². The minimum Gasteiger partial charge on any atom is -0.145 e. The molecule has 1 saturated carbocycles. The zero-order valence-electron chi connectivity index (χ0n) is 7.95. The van der Waals surface area contributed by atoms with Crippen LogP contribution in [0.1, 0.15) is 46.0 Å². The minimum atomic E-state index is -1.94. The molecule has 1 rings (SSSR count). The molecule has 0 aromatic carbocycles. The Labute approximate surface area is 86.1 Å². The molecule has 1 fully saturated rings. The zero-order chi connectivity index (χ0) is 9.19. The molecule has 0 aromatic rings. The lowest BCUT2D eigenvalue weighted by molar-refractivity contribution is 0.494. The van der Waals surface area contributed by atoms with Crippen LogP contribution in [-0.4, -0.2) is 6.69 Å². The van der Waals surface area contributed by atoms with Gasteiger partial charge in [0.05, 0.1) is 0 Å². The van der Waals surface area contributed by atoms with Crippen LogP contribution >= 0.6 is 22.2 Å². The summed E-state index contributed by atoms with van der Waals surface area (Å²) in [5, 5.41) is 0. The maximum absolute atomic E-state index is 6.45. The highest BCUT2D eigenvalue weighted by Gasteiger charge is 2.41. The molecule has 0 spiro atoms. The number of hydrogen-bond donors (Lipinski definition) is 0. The summed E-state index contributed by atoms with van der Waals surface area (Å²) in [6.45, 7) is 2.40. The van der Waals surface area contributed by atoms with Gasteiger partial charge in [-0.1, -0.05) is 46.0 Å². The van der Waals surface area contributed by atoms with Gasteiger partial charge in [0.25, 0.3) is 6.69 Å². The lowest BCUT2D eigenvalue weighted by Crippen LogP contribution is -2.32. The lowest BCUT2D eigenvalue weighted by atomic mass is 10.0. The van der Waals surface area contributed by atoms with Crippen molar-refractivity contribution in [2.24, 2.45) is 0 Å². The van der Waals surface area contributed by atoms with E-state index in [2.05, 4.69) is 13.8 Å². The summed E-state index contributed by atoms with van der Waals surface area (Å²) < 4.78 is 0. The first-order chi connectivity index (χ1) is 5.55. The van der Waals surface area contributed by atoms with Crippen LogP contribution in [-0.2, 0) is 0 Å². The Balaban J connectivity index is 2.53. The van der Waals surface area contributed by atoms with E-state index in [1.54, 1.807) is 0 Å². The van der Waals surface area contributed by atoms with E-state index in [9.17, 15) is 0 Å². The number of rotatable bonds is 2. The Hall–Kier alpha value is 0.797. The second-order valence-electron chi connectivity index (χ2n) is 4.16. The fraction of sp³-hybridized carbons (Fsp3) is 1.00. The molecule has 0 heterocycles. The third kappa shape index (κ3) is 2.40. The molecule has 0 N–H and O–H groups in total. The minimum absolute atomic E-state index is 0.504. The van der Waals surface area contributed by atoms with Gasteiger partial charge in [-0.2, -0.15) is 0 Å². The van der Waals surface area contributed by atoms with Crippen LogP contribution in [0, 0.1) is 0 Å². The van der Waals surface area contributed by atoms with E-state index in [0.29, 0.717) is 11.1 Å². The Kier molecular flexibility index (Phi) is 3.93. The summed E-state index contributed by atoms with van der Waals surface area (Å²) in [5.41, 5.74) is 1.17. The standard InChI is InChI=1S/C9H18Cl2Si/c1-8(2)12(10,11)9-6-4-3-5-7-9/h8-9H,3-7H2,1-2H3. The van der Waals surface area contributed by atoms with Crippen LogP contribution in [0.3, 0.4) is 0 Å². The highest BCUT2D eigenvalue weighted by atomic mass is 35.7. The maximum atomic E-state index is 6.45. The second kappa shape index (κ2) is 4.34. The van der Waals surface area contributed by atoms with Crippen molar-refractivity contribution in [3.63, 3.8) is 0 Å². The summed E-state index contributed by atoms with van der Waals surface area (Å²) in [6, 6.07) is 0. The van der Waals surface area contributed by atoms with Crippen molar-refractivity contribution >= 4 is 28.9 Å². The van der Waals surface area contributed by atoms with E-state index in [4.69, 9.17) is 22.2 Å². The zero-order valence-corrected chi connectivity index (χ0v) is 10.5. The van der Waals surface area contributed by atoms with Crippen molar-refractivity contribution in [3.8, 4) is 0 Å². The molecular formula is C9H18Cl2Si. The van der Waals surface area contributed by atoms with E-state index in [1.165, 1.54) is 32.1 Å². The van der Waals surface area contributed by atoms with E-state index >= 15 is 0 Å². The summed E-state index contributed by atoms with van der Waals surface area (Å²) in [4.78, 5) is 0. The third-order valence-corrected chi connectivity index (χ3v) is 10.6. The van der Waals surface area contributed by atoms with Gasteiger partial charge in [0, 0.05) is 0 Å². The van der Waals surface area contributed by atoms with Crippen molar-refractivity contribution in [1.82, 2.24) is 0 Å². The quantitative estimate of drug-likeness (QED) is 0.474. The smallest absolute Gasteiger partial charge is 0.145 e. The summed E-state index contributed by atoms with van der Waals surface area (Å²) in [6.07, 6.45) is 6.61. The molecule has 12 heavy (non-hydrogen) atoms. The van der Waals surface area contributed by atoms with E-state index < -0.39 is 6.69 Å². The Morgan fingerprint density at radius 1 is 1.08 bits per heavy atom. The molecule has 3 heteroatoms. The van der Waals surface area contributed by atoms with Gasteiger partial charge in [-0.25, -0.2) is 0 Å². The van der Waals surface area contributed by atoms with Crippen LogP contribution in [0.4, 0.5) is 0 Å². The molecule has 1 aliphatic rings. The molecule has 0 nitrogen and oxygen atoms in total. The Morgan fingerprint density at radius 3 is 2.00 bits per heavy atom. The van der Waals surface area contributed by atoms with Gasteiger partial charge in [-0.3, -0.25) is 0 Å². The van der Waals surface area contributed by atoms with E-state index in [0.717, 1.165) is 0 Å². The van der Waals surface area contributed by atoms with Crippen LogP contribution in [0.2, 0.25) is 11.1 Å². The summed E-state index contributed by atoms with van der Waals surface area (Å²) >= 11 is 12.9. The SMILES string of the molecule is CC(C)[Si](Cl)(Cl)C1CCCCC1. The van der Waals surface area contributed by atoms with Gasteiger partial charge < -0.3 is 0 Å². The van der Waals surface area contributed by atoms with Crippen LogP contribution < -0.4 is 0 Å². The average molecular weight is 225 g/mol. The fourth-order valence-electron chi connectivity index (χ4n) is 1.96. The summed E-state index contributed by atoms with van der Waals surface area (Å²) in [5.74, 6) is 0. The van der Waals surface area contributed by atoms with E-state index in [-0.39, 0.29) is 0 Å². The van der Waals surface area contributed by atoms with Gasteiger partial charge in [-0.15, -0.1) is 22.2 Å². The molecule has 72 valence electrons. The van der Waals surface area contributed by atoms with Crippen molar-refractivity contribution in [1.29, 1.82) is 0 Å². The monoisotopic (exact) mass is 224 g/mol. The molecule has 0 amide bonds. The van der Waals surface area contributed by atoms with E-state index in [1.807, 2.05) is 0 Å². The van der Waals surface area contributed by atoms with Crippen molar-refractivity contribution in [3.05, 3.63) is 0 Å². The maximum Gasteiger partial charge on any atom is 0.256 e.